The van der Waals surface area contributed by atoms with Gasteiger partial charge in [0.15, 0.2) is 0 Å². The summed E-state index contributed by atoms with van der Waals surface area (Å²) in [5, 5.41) is 3.90. The highest BCUT2D eigenvalue weighted by Crippen LogP contribution is 2.37. The number of amides is 1. The van der Waals surface area contributed by atoms with Gasteiger partial charge in [-0.15, -0.1) is 0 Å². The Morgan fingerprint density at radius 2 is 1.97 bits per heavy atom. The Labute approximate surface area is 206 Å². The molecule has 1 fully saturated rings. The van der Waals surface area contributed by atoms with Crippen LogP contribution in [0.1, 0.15) is 47.7 Å². The molecule has 1 aromatic carbocycles. The molecule has 2 atom stereocenters. The van der Waals surface area contributed by atoms with E-state index in [-0.39, 0.29) is 12.1 Å². The Hall–Kier alpha value is -2.64. The van der Waals surface area contributed by atoms with Crippen molar-refractivity contribution in [2.45, 2.75) is 44.2 Å². The van der Waals surface area contributed by atoms with Crippen LogP contribution in [-0.4, -0.2) is 72.6 Å². The van der Waals surface area contributed by atoms with Gasteiger partial charge in [0.1, 0.15) is 0 Å². The van der Waals surface area contributed by atoms with Crippen molar-refractivity contribution in [2.75, 3.05) is 39.3 Å². The minimum absolute atomic E-state index is 0.0804. The number of aliphatic imine (C=N–C) groups is 1. The van der Waals surface area contributed by atoms with Gasteiger partial charge in [-0.05, 0) is 67.0 Å². The van der Waals surface area contributed by atoms with Crippen molar-refractivity contribution < 1.29 is 9.53 Å². The average Bonchev–Trinajstić information content (AvgIpc) is 3.32. The number of hydrogen-bond donors (Lipinski definition) is 1. The number of halogens is 1. The molecule has 3 aliphatic rings. The van der Waals surface area contributed by atoms with Crippen LogP contribution in [0.2, 0.25) is 5.02 Å². The van der Waals surface area contributed by atoms with E-state index in [1.54, 1.807) is 6.34 Å². The van der Waals surface area contributed by atoms with E-state index in [1.807, 2.05) is 23.2 Å². The highest BCUT2D eigenvalue weighted by molar-refractivity contribution is 6.30. The molecule has 1 aromatic heterocycles. The first-order valence-electron chi connectivity index (χ1n) is 12.3. The molecule has 3 heterocycles. The van der Waals surface area contributed by atoms with Crippen LogP contribution >= 0.6 is 11.6 Å². The zero-order chi connectivity index (χ0) is 23.3. The standard InChI is InChI=1S/C26H32ClN5O2/c27-21-8-9-23-20(16-21)7-6-19-4-3-10-29-24(19)25(23)31-11-13-32(14-12-31)26(33)34-15-2-1-5-22-17-28-18-30-22/h3-4,8-10,16,18,22,25H,1-2,5-7,11-15,17H2,(H,28,30). The van der Waals surface area contributed by atoms with Crippen LogP contribution in [-0.2, 0) is 17.6 Å². The van der Waals surface area contributed by atoms with E-state index in [2.05, 4.69) is 33.4 Å². The number of benzene rings is 1. The number of nitrogens with zero attached hydrogens (tertiary/aromatic N) is 4. The highest BCUT2D eigenvalue weighted by Gasteiger charge is 2.33. The zero-order valence-electron chi connectivity index (χ0n) is 19.5. The van der Waals surface area contributed by atoms with E-state index in [0.717, 1.165) is 62.5 Å². The number of rotatable bonds is 6. The number of ether oxygens (including phenoxy) is 1. The highest BCUT2D eigenvalue weighted by atomic mass is 35.5. The first kappa shape index (κ1) is 23.1. The Morgan fingerprint density at radius 3 is 2.79 bits per heavy atom. The SMILES string of the molecule is O=C(OCCCCC1CNC=N1)N1CCN(C2c3ccc(Cl)cc3CCc3cccnc32)CC1. The van der Waals surface area contributed by atoms with Crippen LogP contribution in [0.15, 0.2) is 41.5 Å². The molecule has 1 saturated heterocycles. The molecule has 1 N–H and O–H groups in total. The van der Waals surface area contributed by atoms with Crippen LogP contribution in [0, 0.1) is 0 Å². The van der Waals surface area contributed by atoms with E-state index >= 15 is 0 Å². The Balaban J connectivity index is 1.18. The van der Waals surface area contributed by atoms with E-state index in [4.69, 9.17) is 21.3 Å². The summed E-state index contributed by atoms with van der Waals surface area (Å²) in [4.78, 5) is 26.1. The normalized spacial score (nSPS) is 22.0. The number of carbonyl (C=O) groups excluding carboxylic acids is 1. The molecule has 1 aliphatic carbocycles. The van der Waals surface area contributed by atoms with Crippen LogP contribution < -0.4 is 5.32 Å². The van der Waals surface area contributed by atoms with Crippen LogP contribution in [0.5, 0.6) is 0 Å². The predicted octanol–water partition coefficient (Wildman–Crippen LogP) is 3.85. The van der Waals surface area contributed by atoms with Gasteiger partial charge in [-0.2, -0.15) is 0 Å². The quantitative estimate of drug-likeness (QED) is 0.635. The minimum atomic E-state index is -0.202. The largest absolute Gasteiger partial charge is 0.449 e. The fourth-order valence-electron chi connectivity index (χ4n) is 5.22. The molecule has 2 aliphatic heterocycles. The van der Waals surface area contributed by atoms with Gasteiger partial charge in [-0.25, -0.2) is 4.79 Å². The number of piperazine rings is 1. The van der Waals surface area contributed by atoms with Gasteiger partial charge in [0.25, 0.3) is 0 Å². The molecular formula is C26H32ClN5O2. The van der Waals surface area contributed by atoms with Crippen molar-refractivity contribution in [3.8, 4) is 0 Å². The summed E-state index contributed by atoms with van der Waals surface area (Å²) in [6, 6.07) is 10.9. The van der Waals surface area contributed by atoms with Crippen LogP contribution in [0.4, 0.5) is 4.79 Å². The lowest BCUT2D eigenvalue weighted by atomic mass is 9.96. The molecular weight excluding hydrogens is 450 g/mol. The monoisotopic (exact) mass is 481 g/mol. The first-order valence-corrected chi connectivity index (χ1v) is 12.7. The molecule has 2 aromatic rings. The molecule has 34 heavy (non-hydrogen) atoms. The van der Waals surface area contributed by atoms with Crippen LogP contribution in [0.25, 0.3) is 0 Å². The van der Waals surface area contributed by atoms with E-state index in [9.17, 15) is 4.79 Å². The second kappa shape index (κ2) is 10.7. The predicted molar refractivity (Wildman–Crippen MR) is 134 cm³/mol. The molecule has 5 rings (SSSR count). The summed E-state index contributed by atoms with van der Waals surface area (Å²) in [5.41, 5.74) is 4.98. The molecule has 8 heteroatoms. The van der Waals surface area contributed by atoms with Gasteiger partial charge in [0, 0.05) is 43.9 Å². The van der Waals surface area contributed by atoms with Gasteiger partial charge in [-0.1, -0.05) is 23.7 Å². The summed E-state index contributed by atoms with van der Waals surface area (Å²) >= 11 is 6.33. The molecule has 0 saturated carbocycles. The third-order valence-corrected chi connectivity index (χ3v) is 7.31. The van der Waals surface area contributed by atoms with Gasteiger partial charge in [0.2, 0.25) is 0 Å². The lowest BCUT2D eigenvalue weighted by Gasteiger charge is -2.39. The molecule has 0 bridgehead atoms. The van der Waals surface area contributed by atoms with Crippen molar-refractivity contribution in [1.82, 2.24) is 20.1 Å². The number of nitrogens with one attached hydrogen (secondary N) is 1. The maximum Gasteiger partial charge on any atom is 0.409 e. The third-order valence-electron chi connectivity index (χ3n) is 7.07. The maximum atomic E-state index is 12.6. The fourth-order valence-corrected chi connectivity index (χ4v) is 5.42. The number of aromatic nitrogens is 1. The topological polar surface area (TPSA) is 70.1 Å². The average molecular weight is 482 g/mol. The summed E-state index contributed by atoms with van der Waals surface area (Å²) in [7, 11) is 0. The Kier molecular flexibility index (Phi) is 7.30. The van der Waals surface area contributed by atoms with E-state index in [1.165, 1.54) is 16.7 Å². The molecule has 0 radical (unpaired) electrons. The molecule has 180 valence electrons. The maximum absolute atomic E-state index is 12.6. The summed E-state index contributed by atoms with van der Waals surface area (Å²) < 4.78 is 5.56. The van der Waals surface area contributed by atoms with E-state index in [0.29, 0.717) is 25.7 Å². The Morgan fingerprint density at radius 1 is 1.12 bits per heavy atom. The van der Waals surface area contributed by atoms with Crippen molar-refractivity contribution in [1.29, 1.82) is 0 Å². The second-order valence-electron chi connectivity index (χ2n) is 9.27. The number of carbonyl (C=O) groups is 1. The zero-order valence-corrected chi connectivity index (χ0v) is 20.2. The van der Waals surface area contributed by atoms with Crippen molar-refractivity contribution in [2.24, 2.45) is 4.99 Å². The fraction of sp³-hybridized carbons (Fsp3) is 0.500. The van der Waals surface area contributed by atoms with Gasteiger partial charge < -0.3 is 15.0 Å². The summed E-state index contributed by atoms with van der Waals surface area (Å²) in [6.45, 7) is 4.26. The molecule has 2 unspecified atom stereocenters. The number of fused-ring (bicyclic) bond motifs is 2. The van der Waals surface area contributed by atoms with Crippen molar-refractivity contribution in [3.05, 3.63) is 63.9 Å². The number of unbranched alkanes of at least 4 members (excludes halogenated alkanes) is 1. The van der Waals surface area contributed by atoms with Crippen molar-refractivity contribution in [3.63, 3.8) is 0 Å². The van der Waals surface area contributed by atoms with E-state index < -0.39 is 0 Å². The van der Waals surface area contributed by atoms with Gasteiger partial charge in [-0.3, -0.25) is 14.9 Å². The van der Waals surface area contributed by atoms with Gasteiger partial charge >= 0.3 is 6.09 Å². The lowest BCUT2D eigenvalue weighted by molar-refractivity contribution is 0.0670. The Bertz CT molecular complexity index is 1040. The summed E-state index contributed by atoms with van der Waals surface area (Å²) in [5.74, 6) is 0. The molecule has 7 nitrogen and oxygen atoms in total. The number of pyridine rings is 1. The molecule has 0 spiro atoms. The number of aryl methyl sites for hydroxylation is 2. The van der Waals surface area contributed by atoms with Crippen molar-refractivity contribution >= 4 is 24.0 Å². The summed E-state index contributed by atoms with van der Waals surface area (Å²) in [6.07, 6.45) is 8.31. The number of hydrogen-bond acceptors (Lipinski definition) is 6. The minimum Gasteiger partial charge on any atom is -0.449 e. The lowest BCUT2D eigenvalue weighted by Crippen LogP contribution is -2.50. The smallest absolute Gasteiger partial charge is 0.409 e. The first-order chi connectivity index (χ1) is 16.7. The molecule has 1 amide bonds. The van der Waals surface area contributed by atoms with Gasteiger partial charge in [0.05, 0.1) is 30.7 Å². The second-order valence-corrected chi connectivity index (χ2v) is 9.70. The third kappa shape index (κ3) is 5.20. The van der Waals surface area contributed by atoms with Crippen LogP contribution in [0.3, 0.4) is 0 Å².